The molecule has 0 bridgehead atoms. The Morgan fingerprint density at radius 3 is 2.32 bits per heavy atom. The maximum absolute atomic E-state index is 9.10. The fourth-order valence-electron chi connectivity index (χ4n) is 4.81. The molecule has 5 rings (SSSR count). The van der Waals surface area contributed by atoms with Gasteiger partial charge in [0.1, 0.15) is 13.2 Å². The van der Waals surface area contributed by atoms with Crippen LogP contribution in [0.1, 0.15) is 17.9 Å². The molecule has 1 saturated heterocycles. The van der Waals surface area contributed by atoms with Crippen molar-refractivity contribution in [1.82, 2.24) is 4.90 Å². The third-order valence-corrected chi connectivity index (χ3v) is 6.52. The number of anilines is 2. The van der Waals surface area contributed by atoms with Gasteiger partial charge in [-0.2, -0.15) is 0 Å². The molecular weight excluding hydrogens is 438 g/mol. The van der Waals surface area contributed by atoms with Crippen LogP contribution < -0.4 is 19.3 Å². The largest absolute Gasteiger partial charge is 0.486 e. The molecular formula is C25H31N3O6. The number of aliphatic carboxylic acids is 2. The van der Waals surface area contributed by atoms with Crippen molar-refractivity contribution in [2.45, 2.75) is 12.3 Å². The van der Waals surface area contributed by atoms with Crippen LogP contribution in [0.4, 0.5) is 11.4 Å². The molecule has 182 valence electrons. The maximum atomic E-state index is 9.10. The molecule has 3 aliphatic rings. The van der Waals surface area contributed by atoms with E-state index in [1.165, 1.54) is 29.9 Å². The van der Waals surface area contributed by atoms with Crippen molar-refractivity contribution >= 4 is 23.3 Å². The number of fused-ring (bicyclic) bond motifs is 2. The molecule has 0 saturated carbocycles. The minimum Gasteiger partial charge on any atom is -0.486 e. The molecule has 34 heavy (non-hydrogen) atoms. The van der Waals surface area contributed by atoms with E-state index in [1.54, 1.807) is 0 Å². The second kappa shape index (κ2) is 10.6. The SMILES string of the molecule is CN1CC(CCN2CCN(c3cccc4c3OCCO4)CC2)c2ccccc21.O=C(O)C(=O)O. The number of carboxylic acids is 2. The van der Waals surface area contributed by atoms with Crippen LogP contribution in [0.5, 0.6) is 11.5 Å². The summed E-state index contributed by atoms with van der Waals surface area (Å²) in [6, 6.07) is 15.1. The van der Waals surface area contributed by atoms with Crippen molar-refractivity contribution < 1.29 is 29.3 Å². The molecule has 3 aliphatic heterocycles. The van der Waals surface area contributed by atoms with Crippen molar-refractivity contribution in [3.05, 3.63) is 48.0 Å². The number of carboxylic acid groups (broad SMARTS) is 2. The molecule has 3 heterocycles. The van der Waals surface area contributed by atoms with E-state index in [4.69, 9.17) is 29.3 Å². The number of ether oxygens (including phenoxy) is 2. The summed E-state index contributed by atoms with van der Waals surface area (Å²) in [6.07, 6.45) is 1.24. The molecule has 0 radical (unpaired) electrons. The van der Waals surface area contributed by atoms with Crippen LogP contribution in [-0.2, 0) is 9.59 Å². The minimum atomic E-state index is -1.82. The Morgan fingerprint density at radius 2 is 1.59 bits per heavy atom. The van der Waals surface area contributed by atoms with E-state index in [0.717, 1.165) is 44.2 Å². The van der Waals surface area contributed by atoms with Gasteiger partial charge in [-0.3, -0.25) is 4.90 Å². The van der Waals surface area contributed by atoms with Crippen LogP contribution in [0, 0.1) is 0 Å². The molecule has 1 unspecified atom stereocenters. The number of nitrogens with zero attached hydrogens (tertiary/aromatic N) is 3. The monoisotopic (exact) mass is 469 g/mol. The quantitative estimate of drug-likeness (QED) is 0.653. The highest BCUT2D eigenvalue weighted by atomic mass is 16.6. The number of piperazine rings is 1. The zero-order valence-electron chi connectivity index (χ0n) is 19.4. The molecule has 2 aromatic carbocycles. The highest BCUT2D eigenvalue weighted by Crippen LogP contribution is 2.40. The first-order valence-electron chi connectivity index (χ1n) is 11.6. The molecule has 0 aromatic heterocycles. The zero-order chi connectivity index (χ0) is 24.1. The lowest BCUT2D eigenvalue weighted by atomic mass is 9.97. The van der Waals surface area contributed by atoms with E-state index in [-0.39, 0.29) is 0 Å². The first-order chi connectivity index (χ1) is 16.4. The smallest absolute Gasteiger partial charge is 0.414 e. The van der Waals surface area contributed by atoms with Crippen LogP contribution in [0.15, 0.2) is 42.5 Å². The standard InChI is InChI=1S/C23H29N3O2.C2H2O4/c1-24-17-18(19-5-2-3-6-20(19)24)9-10-25-11-13-26(14-12-25)21-7-4-8-22-23(21)28-16-15-27-22;3-1(4)2(5)6/h2-8,18H,9-17H2,1H3;(H,3,4)(H,5,6). The number of rotatable bonds is 4. The van der Waals surface area contributed by atoms with E-state index < -0.39 is 11.9 Å². The van der Waals surface area contributed by atoms with Gasteiger partial charge in [0.25, 0.3) is 0 Å². The van der Waals surface area contributed by atoms with E-state index in [1.807, 2.05) is 6.07 Å². The predicted molar refractivity (Wildman–Crippen MR) is 128 cm³/mol. The van der Waals surface area contributed by atoms with Gasteiger partial charge >= 0.3 is 11.9 Å². The van der Waals surface area contributed by atoms with Crippen LogP contribution in [0.2, 0.25) is 0 Å². The first-order valence-corrected chi connectivity index (χ1v) is 11.6. The summed E-state index contributed by atoms with van der Waals surface area (Å²) in [5.74, 6) is -1.18. The number of hydrogen-bond acceptors (Lipinski definition) is 7. The summed E-state index contributed by atoms with van der Waals surface area (Å²) in [5.41, 5.74) is 4.12. The second-order valence-corrected chi connectivity index (χ2v) is 8.67. The molecule has 0 amide bonds. The van der Waals surface area contributed by atoms with Crippen LogP contribution in [0.25, 0.3) is 0 Å². The van der Waals surface area contributed by atoms with Gasteiger partial charge in [0.2, 0.25) is 0 Å². The average molecular weight is 470 g/mol. The summed E-state index contributed by atoms with van der Waals surface area (Å²) in [7, 11) is 2.21. The lowest BCUT2D eigenvalue weighted by Crippen LogP contribution is -2.47. The van der Waals surface area contributed by atoms with E-state index in [2.05, 4.69) is 58.1 Å². The lowest BCUT2D eigenvalue weighted by Gasteiger charge is -2.37. The number of para-hydroxylation sites is 2. The highest BCUT2D eigenvalue weighted by Gasteiger charge is 2.27. The Bertz CT molecular complexity index is 1010. The Morgan fingerprint density at radius 1 is 0.912 bits per heavy atom. The maximum Gasteiger partial charge on any atom is 0.414 e. The lowest BCUT2D eigenvalue weighted by molar-refractivity contribution is -0.159. The summed E-state index contributed by atoms with van der Waals surface area (Å²) >= 11 is 0. The Hall–Kier alpha value is -3.46. The number of hydrogen-bond donors (Lipinski definition) is 2. The molecule has 9 nitrogen and oxygen atoms in total. The topological polar surface area (TPSA) is 103 Å². The van der Waals surface area contributed by atoms with Gasteiger partial charge in [-0.25, -0.2) is 9.59 Å². The number of carbonyl (C=O) groups is 2. The summed E-state index contributed by atoms with van der Waals surface area (Å²) in [4.78, 5) is 25.7. The van der Waals surface area contributed by atoms with Crippen LogP contribution >= 0.6 is 0 Å². The fourth-order valence-corrected chi connectivity index (χ4v) is 4.81. The second-order valence-electron chi connectivity index (χ2n) is 8.67. The van der Waals surface area contributed by atoms with Gasteiger partial charge < -0.3 is 29.5 Å². The van der Waals surface area contributed by atoms with E-state index in [0.29, 0.717) is 19.1 Å². The van der Waals surface area contributed by atoms with Gasteiger partial charge in [0.15, 0.2) is 11.5 Å². The predicted octanol–water partition coefficient (Wildman–Crippen LogP) is 2.36. The minimum absolute atomic E-state index is 0.640. The molecule has 9 heteroatoms. The Labute approximate surface area is 199 Å². The first kappa shape index (κ1) is 23.7. The Balaban J connectivity index is 0.000000408. The molecule has 1 fully saturated rings. The highest BCUT2D eigenvalue weighted by molar-refractivity contribution is 6.27. The van der Waals surface area contributed by atoms with Gasteiger partial charge in [-0.05, 0) is 36.7 Å². The van der Waals surface area contributed by atoms with Crippen molar-refractivity contribution in [2.24, 2.45) is 0 Å². The van der Waals surface area contributed by atoms with Gasteiger partial charge in [-0.1, -0.05) is 24.3 Å². The molecule has 0 spiro atoms. The van der Waals surface area contributed by atoms with Crippen LogP contribution in [-0.4, -0.2) is 86.6 Å². The van der Waals surface area contributed by atoms with Crippen molar-refractivity contribution in [2.75, 3.05) is 69.3 Å². The molecule has 1 atom stereocenters. The summed E-state index contributed by atoms with van der Waals surface area (Å²) in [5, 5.41) is 14.8. The van der Waals surface area contributed by atoms with E-state index >= 15 is 0 Å². The van der Waals surface area contributed by atoms with Gasteiger partial charge in [-0.15, -0.1) is 0 Å². The molecule has 0 aliphatic carbocycles. The average Bonchev–Trinajstić information content (AvgIpc) is 3.19. The third kappa shape index (κ3) is 5.36. The van der Waals surface area contributed by atoms with Crippen LogP contribution in [0.3, 0.4) is 0 Å². The summed E-state index contributed by atoms with van der Waals surface area (Å²) < 4.78 is 11.7. The van der Waals surface area contributed by atoms with Crippen molar-refractivity contribution in [1.29, 1.82) is 0 Å². The van der Waals surface area contributed by atoms with E-state index in [9.17, 15) is 0 Å². The van der Waals surface area contributed by atoms with Gasteiger partial charge in [0, 0.05) is 51.4 Å². The fraction of sp³-hybridized carbons (Fsp3) is 0.440. The number of benzene rings is 2. The number of likely N-dealkylation sites (N-methyl/N-ethyl adjacent to an activating group) is 1. The Kier molecular flexibility index (Phi) is 7.42. The molecule has 2 aromatic rings. The van der Waals surface area contributed by atoms with Crippen molar-refractivity contribution in [3.63, 3.8) is 0 Å². The summed E-state index contributed by atoms with van der Waals surface area (Å²) in [6.45, 7) is 7.90. The normalized spacial score (nSPS) is 19.1. The third-order valence-electron chi connectivity index (χ3n) is 6.52. The van der Waals surface area contributed by atoms with Gasteiger partial charge in [0.05, 0.1) is 5.69 Å². The zero-order valence-corrected chi connectivity index (χ0v) is 19.4. The van der Waals surface area contributed by atoms with Crippen molar-refractivity contribution in [3.8, 4) is 11.5 Å². The molecule has 2 N–H and O–H groups in total.